The average Bonchev–Trinajstić information content (AvgIpc) is 2.08. The second-order valence-corrected chi connectivity index (χ2v) is 5.08. The van der Waals surface area contributed by atoms with E-state index in [1.807, 2.05) is 20.8 Å². The summed E-state index contributed by atoms with van der Waals surface area (Å²) < 4.78 is 5.11. The Morgan fingerprint density at radius 1 is 1.24 bits per heavy atom. The summed E-state index contributed by atoms with van der Waals surface area (Å²) in [4.78, 5) is 21.6. The molecule has 0 amide bonds. The van der Waals surface area contributed by atoms with Crippen LogP contribution in [0.2, 0.25) is 0 Å². The van der Waals surface area contributed by atoms with Crippen molar-refractivity contribution in [3.05, 3.63) is 0 Å². The fourth-order valence-corrected chi connectivity index (χ4v) is 1.35. The monoisotopic (exact) mass is 246 g/mol. The minimum atomic E-state index is -1.01. The quantitative estimate of drug-likeness (QED) is 0.528. The summed E-state index contributed by atoms with van der Waals surface area (Å²) in [5.41, 5.74) is -0.472. The highest BCUT2D eigenvalue weighted by Gasteiger charge is 2.16. The molecule has 0 radical (unpaired) electrons. The third-order valence-electron chi connectivity index (χ3n) is 2.00. The van der Waals surface area contributed by atoms with Gasteiger partial charge in [-0.1, -0.05) is 6.42 Å². The number of rotatable bonds is 7. The molecule has 0 aromatic rings. The van der Waals surface area contributed by atoms with Crippen LogP contribution in [0.1, 0.15) is 52.9 Å². The van der Waals surface area contributed by atoms with Crippen LogP contribution in [0.3, 0.4) is 0 Å². The van der Waals surface area contributed by atoms with Gasteiger partial charge in [0.15, 0.2) is 0 Å². The number of carboxylic acid groups (broad SMARTS) is 1. The van der Waals surface area contributed by atoms with Crippen molar-refractivity contribution in [3.63, 3.8) is 0 Å². The van der Waals surface area contributed by atoms with Gasteiger partial charge in [-0.05, 0) is 33.6 Å². The molecule has 5 heteroatoms. The number of hydrogen-bond donors (Lipinski definition) is 2. The van der Waals surface area contributed by atoms with Crippen LogP contribution in [0, 0.1) is 0 Å². The molecule has 5 nitrogen and oxygen atoms in total. The van der Waals surface area contributed by atoms with E-state index in [4.69, 9.17) is 9.84 Å². The molecule has 0 aliphatic carbocycles. The molecule has 0 aromatic carbocycles. The first kappa shape index (κ1) is 15.9. The van der Waals surface area contributed by atoms with Crippen molar-refractivity contribution >= 4 is 11.9 Å². The maximum atomic E-state index is 11.3. The summed E-state index contributed by atoms with van der Waals surface area (Å²) in [5, 5.41) is 17.7. The van der Waals surface area contributed by atoms with E-state index in [2.05, 4.69) is 0 Å². The SMILES string of the molecule is CC(C)(C)OC(=O)CCCC[C@@H](O)CC(=O)O. The van der Waals surface area contributed by atoms with Gasteiger partial charge in [0, 0.05) is 6.42 Å². The molecule has 0 spiro atoms. The van der Waals surface area contributed by atoms with Gasteiger partial charge in [0.2, 0.25) is 0 Å². The van der Waals surface area contributed by atoms with E-state index in [1.54, 1.807) is 0 Å². The number of carbonyl (C=O) groups is 2. The molecule has 0 fully saturated rings. The lowest BCUT2D eigenvalue weighted by atomic mass is 10.1. The summed E-state index contributed by atoms with van der Waals surface area (Å²) in [6.07, 6.45) is 0.851. The van der Waals surface area contributed by atoms with E-state index in [1.165, 1.54) is 0 Å². The first-order valence-electron chi connectivity index (χ1n) is 5.82. The fourth-order valence-electron chi connectivity index (χ4n) is 1.35. The van der Waals surface area contributed by atoms with Crippen LogP contribution >= 0.6 is 0 Å². The number of esters is 1. The highest BCUT2D eigenvalue weighted by atomic mass is 16.6. The molecule has 0 bridgehead atoms. The molecule has 0 saturated heterocycles. The molecule has 0 heterocycles. The van der Waals surface area contributed by atoms with Gasteiger partial charge < -0.3 is 14.9 Å². The van der Waals surface area contributed by atoms with E-state index in [0.29, 0.717) is 25.7 Å². The summed E-state index contributed by atoms with van der Waals surface area (Å²) in [6, 6.07) is 0. The minimum Gasteiger partial charge on any atom is -0.481 e. The van der Waals surface area contributed by atoms with E-state index >= 15 is 0 Å². The maximum Gasteiger partial charge on any atom is 0.306 e. The van der Waals surface area contributed by atoms with Crippen molar-refractivity contribution in [1.29, 1.82) is 0 Å². The zero-order valence-corrected chi connectivity index (χ0v) is 10.7. The van der Waals surface area contributed by atoms with Gasteiger partial charge in [-0.3, -0.25) is 9.59 Å². The topological polar surface area (TPSA) is 83.8 Å². The molecule has 17 heavy (non-hydrogen) atoms. The van der Waals surface area contributed by atoms with Crippen molar-refractivity contribution in [2.45, 2.75) is 64.6 Å². The normalized spacial score (nSPS) is 13.2. The van der Waals surface area contributed by atoms with Gasteiger partial charge in [0.1, 0.15) is 5.60 Å². The van der Waals surface area contributed by atoms with Crippen molar-refractivity contribution in [2.24, 2.45) is 0 Å². The Morgan fingerprint density at radius 2 is 1.82 bits per heavy atom. The lowest BCUT2D eigenvalue weighted by Crippen LogP contribution is -2.23. The Morgan fingerprint density at radius 3 is 2.29 bits per heavy atom. The van der Waals surface area contributed by atoms with Crippen LogP contribution in [0.5, 0.6) is 0 Å². The molecule has 0 aliphatic heterocycles. The van der Waals surface area contributed by atoms with Crippen LogP contribution < -0.4 is 0 Å². The fraction of sp³-hybridized carbons (Fsp3) is 0.833. The van der Waals surface area contributed by atoms with Crippen molar-refractivity contribution in [2.75, 3.05) is 0 Å². The van der Waals surface area contributed by atoms with Crippen molar-refractivity contribution < 1.29 is 24.5 Å². The lowest BCUT2D eigenvalue weighted by Gasteiger charge is -2.19. The minimum absolute atomic E-state index is 0.244. The van der Waals surface area contributed by atoms with Crippen LogP contribution in [-0.4, -0.2) is 33.9 Å². The largest absolute Gasteiger partial charge is 0.481 e. The molecule has 2 N–H and O–H groups in total. The smallest absolute Gasteiger partial charge is 0.306 e. The van der Waals surface area contributed by atoms with Crippen LogP contribution in [0.25, 0.3) is 0 Å². The Hall–Kier alpha value is -1.10. The maximum absolute atomic E-state index is 11.3. The van der Waals surface area contributed by atoms with E-state index in [0.717, 1.165) is 0 Å². The van der Waals surface area contributed by atoms with Crippen molar-refractivity contribution in [3.8, 4) is 0 Å². The molecule has 100 valence electrons. The number of carboxylic acids is 1. The van der Waals surface area contributed by atoms with E-state index in [-0.39, 0.29) is 12.4 Å². The van der Waals surface area contributed by atoms with Gasteiger partial charge in [-0.25, -0.2) is 0 Å². The molecule has 1 atom stereocenters. The number of aliphatic hydroxyl groups is 1. The Labute approximate surface area is 102 Å². The van der Waals surface area contributed by atoms with E-state index < -0.39 is 17.7 Å². The predicted octanol–water partition coefficient (Wildman–Crippen LogP) is 1.72. The highest BCUT2D eigenvalue weighted by molar-refractivity contribution is 5.69. The number of aliphatic hydroxyl groups excluding tert-OH is 1. The Balaban J connectivity index is 3.58. The molecular weight excluding hydrogens is 224 g/mol. The average molecular weight is 246 g/mol. The highest BCUT2D eigenvalue weighted by Crippen LogP contribution is 2.11. The van der Waals surface area contributed by atoms with Gasteiger partial charge in [0.25, 0.3) is 0 Å². The molecule has 0 aliphatic rings. The third kappa shape index (κ3) is 11.2. The van der Waals surface area contributed by atoms with Crippen LogP contribution in [0.4, 0.5) is 0 Å². The Kier molecular flexibility index (Phi) is 6.80. The molecule has 0 saturated carbocycles. The lowest BCUT2D eigenvalue weighted by molar-refractivity contribution is -0.155. The first-order chi connectivity index (χ1) is 7.70. The third-order valence-corrected chi connectivity index (χ3v) is 2.00. The second kappa shape index (κ2) is 7.27. The summed E-state index contributed by atoms with van der Waals surface area (Å²) in [7, 11) is 0. The summed E-state index contributed by atoms with van der Waals surface area (Å²) >= 11 is 0. The van der Waals surface area contributed by atoms with E-state index in [9.17, 15) is 14.7 Å². The number of aliphatic carboxylic acids is 1. The van der Waals surface area contributed by atoms with Gasteiger partial charge in [0.05, 0.1) is 12.5 Å². The standard InChI is InChI=1S/C12H22O5/c1-12(2,3)17-11(16)7-5-4-6-9(13)8-10(14)15/h9,13H,4-8H2,1-3H3,(H,14,15)/t9-/m1/s1. The summed E-state index contributed by atoms with van der Waals surface area (Å²) in [6.45, 7) is 5.42. The number of hydrogen-bond acceptors (Lipinski definition) is 4. The number of ether oxygens (including phenoxy) is 1. The Bertz CT molecular complexity index is 254. The summed E-state index contributed by atoms with van der Waals surface area (Å²) in [5.74, 6) is -1.27. The molecule has 0 unspecified atom stereocenters. The number of unbranched alkanes of at least 4 members (excludes halogenated alkanes) is 1. The second-order valence-electron chi connectivity index (χ2n) is 5.08. The molecular formula is C12H22O5. The first-order valence-corrected chi connectivity index (χ1v) is 5.82. The predicted molar refractivity (Wildman–Crippen MR) is 62.6 cm³/mol. The molecule has 0 aromatic heterocycles. The molecule has 0 rings (SSSR count). The van der Waals surface area contributed by atoms with Crippen LogP contribution in [-0.2, 0) is 14.3 Å². The zero-order chi connectivity index (χ0) is 13.5. The van der Waals surface area contributed by atoms with Gasteiger partial charge in [-0.15, -0.1) is 0 Å². The number of carbonyl (C=O) groups excluding carboxylic acids is 1. The van der Waals surface area contributed by atoms with Crippen LogP contribution in [0.15, 0.2) is 0 Å². The zero-order valence-electron chi connectivity index (χ0n) is 10.7. The van der Waals surface area contributed by atoms with Crippen molar-refractivity contribution in [1.82, 2.24) is 0 Å². The van der Waals surface area contributed by atoms with Gasteiger partial charge >= 0.3 is 11.9 Å². The van der Waals surface area contributed by atoms with Gasteiger partial charge in [-0.2, -0.15) is 0 Å².